The number of amides is 1. The predicted molar refractivity (Wildman–Crippen MR) is 81.3 cm³/mol. The highest BCUT2D eigenvalue weighted by Gasteiger charge is 2.03. The van der Waals surface area contributed by atoms with Gasteiger partial charge < -0.3 is 10.4 Å². The Morgan fingerprint density at radius 2 is 2.14 bits per heavy atom. The Kier molecular flexibility index (Phi) is 4.81. The molecule has 4 nitrogen and oxygen atoms in total. The van der Waals surface area contributed by atoms with E-state index in [1.807, 2.05) is 25.1 Å². The number of aryl methyl sites for hydroxylation is 1. The molecule has 1 aromatic carbocycles. The lowest BCUT2D eigenvalue weighted by atomic mass is 10.1. The van der Waals surface area contributed by atoms with Gasteiger partial charge in [-0.2, -0.15) is 0 Å². The summed E-state index contributed by atoms with van der Waals surface area (Å²) in [6.07, 6.45) is -1.09. The van der Waals surface area contributed by atoms with Gasteiger partial charge in [-0.3, -0.25) is 0 Å². The van der Waals surface area contributed by atoms with Gasteiger partial charge >= 0.3 is 6.09 Å². The van der Waals surface area contributed by atoms with Crippen LogP contribution >= 0.6 is 11.6 Å². The minimum absolute atomic E-state index is 0.145. The molecule has 2 aromatic rings. The Labute approximate surface area is 127 Å². The van der Waals surface area contributed by atoms with Gasteiger partial charge in [0.25, 0.3) is 0 Å². The van der Waals surface area contributed by atoms with E-state index < -0.39 is 6.09 Å². The van der Waals surface area contributed by atoms with Gasteiger partial charge in [-0.25, -0.2) is 9.78 Å². The van der Waals surface area contributed by atoms with Crippen molar-refractivity contribution < 1.29 is 9.90 Å². The lowest BCUT2D eigenvalue weighted by molar-refractivity contribution is 0.194. The van der Waals surface area contributed by atoms with Crippen molar-refractivity contribution in [2.45, 2.75) is 13.5 Å². The number of rotatable bonds is 2. The number of hydrogen-bond donors (Lipinski definition) is 2. The summed E-state index contributed by atoms with van der Waals surface area (Å²) < 4.78 is 0. The first-order valence-electron chi connectivity index (χ1n) is 6.25. The van der Waals surface area contributed by atoms with E-state index in [1.54, 1.807) is 18.2 Å². The van der Waals surface area contributed by atoms with Crippen LogP contribution in [0.3, 0.4) is 0 Å². The van der Waals surface area contributed by atoms with Gasteiger partial charge in [0.05, 0.1) is 0 Å². The van der Waals surface area contributed by atoms with Crippen LogP contribution < -0.4 is 5.32 Å². The van der Waals surface area contributed by atoms with Gasteiger partial charge in [0.15, 0.2) is 0 Å². The van der Waals surface area contributed by atoms with Crippen LogP contribution in [-0.2, 0) is 6.54 Å². The third-order valence-corrected chi connectivity index (χ3v) is 3.07. The first-order chi connectivity index (χ1) is 10.0. The van der Waals surface area contributed by atoms with Crippen LogP contribution in [0.15, 0.2) is 36.4 Å². The smallest absolute Gasteiger partial charge is 0.404 e. The van der Waals surface area contributed by atoms with Crippen LogP contribution in [0.4, 0.5) is 4.79 Å². The minimum Gasteiger partial charge on any atom is -0.465 e. The molecular formula is C16H13ClN2O2. The highest BCUT2D eigenvalue weighted by molar-refractivity contribution is 6.31. The second kappa shape index (κ2) is 6.78. The topological polar surface area (TPSA) is 62.2 Å². The number of hydrogen-bond acceptors (Lipinski definition) is 2. The zero-order chi connectivity index (χ0) is 15.2. The zero-order valence-electron chi connectivity index (χ0n) is 11.4. The quantitative estimate of drug-likeness (QED) is 0.837. The molecule has 0 saturated carbocycles. The summed E-state index contributed by atoms with van der Waals surface area (Å²) in [6, 6.07) is 10.9. The van der Waals surface area contributed by atoms with E-state index in [1.165, 1.54) is 0 Å². The van der Waals surface area contributed by atoms with E-state index in [-0.39, 0.29) is 6.54 Å². The van der Waals surface area contributed by atoms with Gasteiger partial charge in [0.2, 0.25) is 0 Å². The average Bonchev–Trinajstić information content (AvgIpc) is 2.45. The molecule has 2 rings (SSSR count). The van der Waals surface area contributed by atoms with Crippen molar-refractivity contribution >= 4 is 17.7 Å². The Morgan fingerprint density at radius 3 is 2.86 bits per heavy atom. The van der Waals surface area contributed by atoms with Crippen molar-refractivity contribution in [1.29, 1.82) is 0 Å². The number of nitrogens with one attached hydrogen (secondary N) is 1. The first kappa shape index (κ1) is 14.9. The number of aromatic nitrogens is 1. The van der Waals surface area contributed by atoms with Gasteiger partial charge in [0.1, 0.15) is 5.69 Å². The van der Waals surface area contributed by atoms with Gasteiger partial charge in [-0.05, 0) is 48.7 Å². The van der Waals surface area contributed by atoms with Crippen LogP contribution in [0, 0.1) is 18.8 Å². The molecule has 0 unspecified atom stereocenters. The molecule has 2 N–H and O–H groups in total. The molecular weight excluding hydrogens is 288 g/mol. The molecule has 0 aliphatic rings. The Bertz CT molecular complexity index is 733. The number of halogens is 1. The second-order valence-electron chi connectivity index (χ2n) is 4.38. The van der Waals surface area contributed by atoms with Crippen LogP contribution in [-0.4, -0.2) is 16.2 Å². The van der Waals surface area contributed by atoms with Crippen LogP contribution in [0.1, 0.15) is 22.5 Å². The molecule has 0 radical (unpaired) electrons. The molecule has 0 aliphatic heterocycles. The minimum atomic E-state index is -1.09. The molecule has 5 heteroatoms. The molecule has 1 aromatic heterocycles. The molecule has 106 valence electrons. The van der Waals surface area contributed by atoms with Crippen molar-refractivity contribution in [1.82, 2.24) is 10.3 Å². The van der Waals surface area contributed by atoms with Crippen molar-refractivity contribution in [3.63, 3.8) is 0 Å². The van der Waals surface area contributed by atoms with Gasteiger partial charge in [-0.15, -0.1) is 0 Å². The lowest BCUT2D eigenvalue weighted by Gasteiger charge is -2.04. The summed E-state index contributed by atoms with van der Waals surface area (Å²) in [5, 5.41) is 11.4. The highest BCUT2D eigenvalue weighted by atomic mass is 35.5. The Morgan fingerprint density at radius 1 is 1.33 bits per heavy atom. The van der Waals surface area contributed by atoms with E-state index in [9.17, 15) is 4.79 Å². The Balaban J connectivity index is 2.21. The fourth-order valence-corrected chi connectivity index (χ4v) is 1.89. The molecule has 0 saturated heterocycles. The normalized spacial score (nSPS) is 9.62. The summed E-state index contributed by atoms with van der Waals surface area (Å²) in [6.45, 7) is 2.05. The van der Waals surface area contributed by atoms with Crippen molar-refractivity contribution in [3.8, 4) is 11.8 Å². The Hall–Kier alpha value is -2.51. The number of benzene rings is 1. The lowest BCUT2D eigenvalue weighted by Crippen LogP contribution is -2.20. The molecule has 0 bridgehead atoms. The van der Waals surface area contributed by atoms with E-state index in [2.05, 4.69) is 22.1 Å². The maximum atomic E-state index is 10.5. The van der Waals surface area contributed by atoms with E-state index in [0.717, 1.165) is 11.3 Å². The molecule has 0 spiro atoms. The van der Waals surface area contributed by atoms with Crippen LogP contribution in [0.5, 0.6) is 0 Å². The number of nitrogens with zero attached hydrogens (tertiary/aromatic N) is 1. The number of carbonyl (C=O) groups is 1. The van der Waals surface area contributed by atoms with E-state index in [4.69, 9.17) is 16.7 Å². The summed E-state index contributed by atoms with van der Waals surface area (Å²) in [7, 11) is 0. The van der Waals surface area contributed by atoms with Crippen LogP contribution in [0.2, 0.25) is 5.02 Å². The van der Waals surface area contributed by atoms with E-state index in [0.29, 0.717) is 16.3 Å². The van der Waals surface area contributed by atoms with Crippen molar-refractivity contribution in [2.24, 2.45) is 0 Å². The monoisotopic (exact) mass is 300 g/mol. The maximum Gasteiger partial charge on any atom is 0.404 e. The van der Waals surface area contributed by atoms with Crippen molar-refractivity contribution in [3.05, 3.63) is 63.9 Å². The van der Waals surface area contributed by atoms with Crippen LogP contribution in [0.25, 0.3) is 0 Å². The predicted octanol–water partition coefficient (Wildman–Crippen LogP) is 3.21. The summed E-state index contributed by atoms with van der Waals surface area (Å²) in [5.74, 6) is 5.97. The third-order valence-electron chi connectivity index (χ3n) is 2.70. The number of carboxylic acid groups (broad SMARTS) is 1. The SMILES string of the molecule is Cc1cccc(C#Cc2ccc(Cl)c(CNC(=O)O)c2)n1. The summed E-state index contributed by atoms with van der Waals surface area (Å²) in [4.78, 5) is 14.8. The fourth-order valence-electron chi connectivity index (χ4n) is 1.71. The fraction of sp³-hybridized carbons (Fsp3) is 0.125. The number of pyridine rings is 1. The van der Waals surface area contributed by atoms with E-state index >= 15 is 0 Å². The molecule has 21 heavy (non-hydrogen) atoms. The summed E-state index contributed by atoms with van der Waals surface area (Å²) in [5.41, 5.74) is 3.03. The first-order valence-corrected chi connectivity index (χ1v) is 6.63. The summed E-state index contributed by atoms with van der Waals surface area (Å²) >= 11 is 6.02. The molecule has 1 heterocycles. The van der Waals surface area contributed by atoms with Gasteiger partial charge in [0, 0.05) is 22.8 Å². The zero-order valence-corrected chi connectivity index (χ0v) is 12.1. The molecule has 1 amide bonds. The van der Waals surface area contributed by atoms with Crippen molar-refractivity contribution in [2.75, 3.05) is 0 Å². The molecule has 0 fully saturated rings. The van der Waals surface area contributed by atoms with Gasteiger partial charge in [-0.1, -0.05) is 23.6 Å². The standard InChI is InChI=1S/C16H13ClN2O2/c1-11-3-2-4-14(19-11)7-5-12-6-8-15(17)13(9-12)10-18-16(20)21/h2-4,6,8-9,18H,10H2,1H3,(H,20,21). The highest BCUT2D eigenvalue weighted by Crippen LogP contribution is 2.17. The third kappa shape index (κ3) is 4.51. The molecule has 0 aliphatic carbocycles. The molecule has 0 atom stereocenters. The largest absolute Gasteiger partial charge is 0.465 e. The average molecular weight is 301 g/mol. The maximum absolute atomic E-state index is 10.5. The second-order valence-corrected chi connectivity index (χ2v) is 4.79.